The fourth-order valence-electron chi connectivity index (χ4n) is 3.90. The molecule has 1 aromatic carbocycles. The van der Waals surface area contributed by atoms with E-state index in [0.29, 0.717) is 25.9 Å². The number of rotatable bonds is 9. The Bertz CT molecular complexity index is 1030. The largest absolute Gasteiger partial charge is 0.350 e. The molecule has 1 aliphatic carbocycles. The maximum atomic E-state index is 12.6. The number of nitrogens with zero attached hydrogens (tertiary/aromatic N) is 1. The molecule has 0 unspecified atom stereocenters. The molecule has 3 rings (SSSR count). The van der Waals surface area contributed by atoms with Gasteiger partial charge in [-0.25, -0.2) is 13.1 Å². The number of nitrogens with one attached hydrogen (secondary N) is 3. The van der Waals surface area contributed by atoms with Gasteiger partial charge < -0.3 is 10.6 Å². The second kappa shape index (κ2) is 11.4. The highest BCUT2D eigenvalue weighted by molar-refractivity contribution is 7.89. The van der Waals surface area contributed by atoms with E-state index in [4.69, 9.17) is 0 Å². The van der Waals surface area contributed by atoms with Crippen molar-refractivity contribution in [1.29, 1.82) is 0 Å². The third-order valence-corrected chi connectivity index (χ3v) is 7.49. The second-order valence-electron chi connectivity index (χ2n) is 8.69. The van der Waals surface area contributed by atoms with Crippen LogP contribution < -0.4 is 15.4 Å². The van der Waals surface area contributed by atoms with Crippen molar-refractivity contribution in [2.24, 2.45) is 11.8 Å². The maximum Gasteiger partial charge on any atom is 0.242 e. The summed E-state index contributed by atoms with van der Waals surface area (Å²) in [5.41, 5.74) is 1.89. The fourth-order valence-corrected chi connectivity index (χ4v) is 5.01. The van der Waals surface area contributed by atoms with Crippen LogP contribution in [0.4, 0.5) is 0 Å². The van der Waals surface area contributed by atoms with Crippen LogP contribution in [0.5, 0.6) is 0 Å². The first-order valence-corrected chi connectivity index (χ1v) is 12.8. The fraction of sp³-hybridized carbons (Fsp3) is 0.458. The molecule has 0 saturated heterocycles. The number of carbonyl (C=O) groups is 2. The zero-order valence-electron chi connectivity index (χ0n) is 19.1. The normalized spacial score (nSPS) is 19.5. The van der Waals surface area contributed by atoms with E-state index in [1.807, 2.05) is 13.0 Å². The molecule has 1 saturated carbocycles. The first-order chi connectivity index (χ1) is 15.7. The van der Waals surface area contributed by atoms with Crippen LogP contribution in [0.15, 0.2) is 53.7 Å². The van der Waals surface area contributed by atoms with Crippen LogP contribution in [0, 0.1) is 18.8 Å². The number of sulfonamides is 1. The average Bonchev–Trinajstić information content (AvgIpc) is 2.82. The SMILES string of the molecule is Cc1ccc(S(=O)(=O)NCC2CCC(C(=O)N[C@H](C)C(=O)NCc3cccnc3)CC2)cc1. The van der Waals surface area contributed by atoms with Gasteiger partial charge in [0.1, 0.15) is 6.04 Å². The Kier molecular flexibility index (Phi) is 8.57. The molecule has 178 valence electrons. The second-order valence-corrected chi connectivity index (χ2v) is 10.5. The molecular formula is C24H32N4O4S. The van der Waals surface area contributed by atoms with Gasteiger partial charge in [0, 0.05) is 31.4 Å². The topological polar surface area (TPSA) is 117 Å². The number of carbonyl (C=O) groups excluding carboxylic acids is 2. The zero-order valence-corrected chi connectivity index (χ0v) is 19.9. The van der Waals surface area contributed by atoms with Gasteiger partial charge in [0.15, 0.2) is 0 Å². The van der Waals surface area contributed by atoms with Gasteiger partial charge in [-0.2, -0.15) is 0 Å². The summed E-state index contributed by atoms with van der Waals surface area (Å²) < 4.78 is 27.6. The number of benzene rings is 1. The zero-order chi connectivity index (χ0) is 23.8. The quantitative estimate of drug-likeness (QED) is 0.518. The molecule has 0 bridgehead atoms. The van der Waals surface area contributed by atoms with E-state index in [9.17, 15) is 18.0 Å². The van der Waals surface area contributed by atoms with Crippen LogP contribution in [0.25, 0.3) is 0 Å². The Hall–Kier alpha value is -2.78. The molecule has 9 heteroatoms. The summed E-state index contributed by atoms with van der Waals surface area (Å²) >= 11 is 0. The van der Waals surface area contributed by atoms with Gasteiger partial charge in [-0.3, -0.25) is 14.6 Å². The van der Waals surface area contributed by atoms with Crippen LogP contribution in [0.3, 0.4) is 0 Å². The minimum atomic E-state index is -3.53. The lowest BCUT2D eigenvalue weighted by Gasteiger charge is -2.28. The lowest BCUT2D eigenvalue weighted by atomic mass is 9.81. The molecule has 33 heavy (non-hydrogen) atoms. The first kappa shape index (κ1) is 24.9. The third-order valence-electron chi connectivity index (χ3n) is 6.05. The maximum absolute atomic E-state index is 12.6. The van der Waals surface area contributed by atoms with Crippen LogP contribution in [0.1, 0.15) is 43.7 Å². The predicted molar refractivity (Wildman–Crippen MR) is 126 cm³/mol. The molecule has 1 aliphatic rings. The van der Waals surface area contributed by atoms with Crippen molar-refractivity contribution in [3.05, 3.63) is 59.9 Å². The highest BCUT2D eigenvalue weighted by Gasteiger charge is 2.29. The van der Waals surface area contributed by atoms with Gasteiger partial charge in [0.25, 0.3) is 0 Å². The summed E-state index contributed by atoms with van der Waals surface area (Å²) in [6, 6.07) is 9.80. The van der Waals surface area contributed by atoms with Gasteiger partial charge in [0.2, 0.25) is 21.8 Å². The number of aryl methyl sites for hydroxylation is 1. The van der Waals surface area contributed by atoms with Crippen LogP contribution in [-0.4, -0.2) is 37.8 Å². The Morgan fingerprint density at radius 3 is 2.42 bits per heavy atom. The van der Waals surface area contributed by atoms with Crippen LogP contribution in [-0.2, 0) is 26.2 Å². The average molecular weight is 473 g/mol. The summed E-state index contributed by atoms with van der Waals surface area (Å²) in [4.78, 5) is 29.2. The highest BCUT2D eigenvalue weighted by Crippen LogP contribution is 2.29. The van der Waals surface area contributed by atoms with Crippen molar-refractivity contribution in [1.82, 2.24) is 20.3 Å². The predicted octanol–water partition coefficient (Wildman–Crippen LogP) is 2.30. The first-order valence-electron chi connectivity index (χ1n) is 11.3. The molecule has 1 heterocycles. The Morgan fingerprint density at radius 1 is 1.09 bits per heavy atom. The summed E-state index contributed by atoms with van der Waals surface area (Å²) in [7, 11) is -3.53. The van der Waals surface area contributed by atoms with Crippen LogP contribution >= 0.6 is 0 Å². The molecule has 2 amide bonds. The van der Waals surface area contributed by atoms with E-state index in [-0.39, 0.29) is 28.5 Å². The Labute approximate surface area is 195 Å². The van der Waals surface area contributed by atoms with Crippen molar-refractivity contribution < 1.29 is 18.0 Å². The van der Waals surface area contributed by atoms with E-state index in [1.54, 1.807) is 49.6 Å². The molecule has 0 aliphatic heterocycles. The molecule has 2 aromatic rings. The van der Waals surface area contributed by atoms with Crippen molar-refractivity contribution >= 4 is 21.8 Å². The molecule has 0 radical (unpaired) electrons. The lowest BCUT2D eigenvalue weighted by Crippen LogP contribution is -2.47. The van der Waals surface area contributed by atoms with Crippen LogP contribution in [0.2, 0.25) is 0 Å². The van der Waals surface area contributed by atoms with Crippen molar-refractivity contribution in [3.63, 3.8) is 0 Å². The summed E-state index contributed by atoms with van der Waals surface area (Å²) in [6.45, 7) is 4.30. The molecule has 1 aromatic heterocycles. The number of hydrogen-bond donors (Lipinski definition) is 3. The van der Waals surface area contributed by atoms with Gasteiger partial charge in [-0.15, -0.1) is 0 Å². The standard InChI is InChI=1S/C24H32N4O4S/c1-17-5-11-22(12-6-17)33(31,32)27-16-19-7-9-21(10-8-19)24(30)28-18(2)23(29)26-15-20-4-3-13-25-14-20/h3-6,11-14,18-19,21,27H,7-10,15-16H2,1-2H3,(H,26,29)(H,28,30)/t18-,19?,21?/m1/s1. The van der Waals surface area contributed by atoms with E-state index >= 15 is 0 Å². The molecule has 1 atom stereocenters. The number of pyridine rings is 1. The number of amides is 2. The summed E-state index contributed by atoms with van der Waals surface area (Å²) in [5.74, 6) is -0.345. The Morgan fingerprint density at radius 2 is 1.79 bits per heavy atom. The summed E-state index contributed by atoms with van der Waals surface area (Å²) in [5, 5.41) is 5.61. The minimum Gasteiger partial charge on any atom is -0.350 e. The van der Waals surface area contributed by atoms with Gasteiger partial charge in [0.05, 0.1) is 4.90 Å². The van der Waals surface area contributed by atoms with Crippen molar-refractivity contribution in [2.45, 2.75) is 57.0 Å². The van der Waals surface area contributed by atoms with E-state index < -0.39 is 16.1 Å². The number of hydrogen-bond acceptors (Lipinski definition) is 5. The lowest BCUT2D eigenvalue weighted by molar-refractivity contribution is -0.131. The van der Waals surface area contributed by atoms with Gasteiger partial charge in [-0.05, 0) is 69.2 Å². The van der Waals surface area contributed by atoms with E-state index in [0.717, 1.165) is 24.0 Å². The monoisotopic (exact) mass is 472 g/mol. The minimum absolute atomic E-state index is 0.127. The van der Waals surface area contributed by atoms with Crippen molar-refractivity contribution in [3.8, 4) is 0 Å². The van der Waals surface area contributed by atoms with Crippen molar-refractivity contribution in [2.75, 3.05) is 6.54 Å². The molecular weight excluding hydrogens is 440 g/mol. The van der Waals surface area contributed by atoms with E-state index in [1.165, 1.54) is 0 Å². The van der Waals surface area contributed by atoms with Gasteiger partial charge >= 0.3 is 0 Å². The van der Waals surface area contributed by atoms with E-state index in [2.05, 4.69) is 20.3 Å². The smallest absolute Gasteiger partial charge is 0.242 e. The molecule has 1 fully saturated rings. The van der Waals surface area contributed by atoms with Gasteiger partial charge in [-0.1, -0.05) is 23.8 Å². The number of aromatic nitrogens is 1. The Balaban J connectivity index is 1.39. The third kappa shape index (κ3) is 7.36. The molecule has 8 nitrogen and oxygen atoms in total. The molecule has 0 spiro atoms. The highest BCUT2D eigenvalue weighted by atomic mass is 32.2. The molecule has 3 N–H and O–H groups in total. The summed E-state index contributed by atoms with van der Waals surface area (Å²) in [6.07, 6.45) is 6.22.